The van der Waals surface area contributed by atoms with Gasteiger partial charge in [0.2, 0.25) is 0 Å². The third kappa shape index (κ3) is 5.09. The van der Waals surface area contributed by atoms with E-state index in [9.17, 15) is 14.4 Å². The Hall–Kier alpha value is -3.44. The third-order valence-corrected chi connectivity index (χ3v) is 4.70. The van der Waals surface area contributed by atoms with Gasteiger partial charge in [0.15, 0.2) is 5.13 Å². The van der Waals surface area contributed by atoms with Crippen molar-refractivity contribution in [1.29, 1.82) is 0 Å². The van der Waals surface area contributed by atoms with Gasteiger partial charge >= 0.3 is 5.69 Å². The predicted octanol–water partition coefficient (Wildman–Crippen LogP) is 0.668. The van der Waals surface area contributed by atoms with Crippen LogP contribution in [0, 0.1) is 0 Å². The summed E-state index contributed by atoms with van der Waals surface area (Å²) in [6, 6.07) is 7.26. The summed E-state index contributed by atoms with van der Waals surface area (Å²) in [5.41, 5.74) is -0.0216. The molecule has 1 aromatic carbocycles. The molecule has 29 heavy (non-hydrogen) atoms. The SMILES string of the molecule is COc1ccc(Nc2nc(C(=O)NCc3cn(CCO)c(=O)[nH]c3=O)cs2)cc1. The van der Waals surface area contributed by atoms with Gasteiger partial charge in [0.25, 0.3) is 11.5 Å². The molecule has 0 aliphatic heterocycles. The number of carbonyl (C=O) groups excluding carboxylic acids is 1. The highest BCUT2D eigenvalue weighted by atomic mass is 32.1. The number of amides is 1. The molecule has 0 spiro atoms. The van der Waals surface area contributed by atoms with Crippen molar-refractivity contribution in [1.82, 2.24) is 19.9 Å². The average molecular weight is 417 g/mol. The predicted molar refractivity (Wildman–Crippen MR) is 108 cm³/mol. The number of aromatic amines is 1. The van der Waals surface area contributed by atoms with Crippen molar-refractivity contribution in [3.63, 3.8) is 0 Å². The molecule has 0 radical (unpaired) electrons. The molecular weight excluding hydrogens is 398 g/mol. The number of nitrogens with one attached hydrogen (secondary N) is 3. The van der Waals surface area contributed by atoms with Crippen LogP contribution in [0.2, 0.25) is 0 Å². The average Bonchev–Trinajstić information content (AvgIpc) is 3.18. The number of rotatable bonds is 8. The van der Waals surface area contributed by atoms with Gasteiger partial charge in [-0.25, -0.2) is 9.78 Å². The van der Waals surface area contributed by atoms with Crippen molar-refractivity contribution < 1.29 is 14.6 Å². The van der Waals surface area contributed by atoms with Crippen LogP contribution < -0.4 is 26.6 Å². The summed E-state index contributed by atoms with van der Waals surface area (Å²) in [5, 5.41) is 16.8. The first-order valence-electron chi connectivity index (χ1n) is 8.58. The van der Waals surface area contributed by atoms with Crippen LogP contribution in [0.4, 0.5) is 10.8 Å². The van der Waals surface area contributed by atoms with Gasteiger partial charge < -0.3 is 20.5 Å². The number of anilines is 2. The number of H-pyrrole nitrogens is 1. The summed E-state index contributed by atoms with van der Waals surface area (Å²) in [6.07, 6.45) is 1.31. The van der Waals surface area contributed by atoms with E-state index >= 15 is 0 Å². The smallest absolute Gasteiger partial charge is 0.328 e. The van der Waals surface area contributed by atoms with Crippen LogP contribution in [0.3, 0.4) is 0 Å². The molecule has 0 saturated carbocycles. The number of ether oxygens (including phenoxy) is 1. The van der Waals surface area contributed by atoms with Gasteiger partial charge in [0.1, 0.15) is 11.4 Å². The Labute approximate surface area is 168 Å². The summed E-state index contributed by atoms with van der Waals surface area (Å²) >= 11 is 1.26. The number of aromatic nitrogens is 3. The van der Waals surface area contributed by atoms with Crippen molar-refractivity contribution in [3.05, 3.63) is 67.9 Å². The first kappa shape index (κ1) is 20.3. The lowest BCUT2D eigenvalue weighted by Gasteiger charge is -2.07. The Morgan fingerprint density at radius 3 is 2.76 bits per heavy atom. The normalized spacial score (nSPS) is 10.6. The Bertz CT molecular complexity index is 1100. The standard InChI is InChI=1S/C18H19N5O5S/c1-28-13-4-2-12(3-5-13)20-17-21-14(10-29-17)16(26)19-8-11-9-23(6-7-24)18(27)22-15(11)25/h2-5,9-10,24H,6-8H2,1H3,(H,19,26)(H,20,21)(H,22,25,27). The molecular formula is C18H19N5O5S. The Balaban J connectivity index is 1.64. The molecule has 0 aliphatic carbocycles. The van der Waals surface area contributed by atoms with Crippen LogP contribution >= 0.6 is 11.3 Å². The minimum Gasteiger partial charge on any atom is -0.497 e. The molecule has 0 saturated heterocycles. The molecule has 152 valence electrons. The van der Waals surface area contributed by atoms with E-state index in [0.29, 0.717) is 5.13 Å². The van der Waals surface area contributed by atoms with Gasteiger partial charge in [-0.15, -0.1) is 11.3 Å². The Morgan fingerprint density at radius 1 is 1.31 bits per heavy atom. The molecule has 0 bridgehead atoms. The van der Waals surface area contributed by atoms with Crippen molar-refractivity contribution >= 4 is 28.1 Å². The number of benzene rings is 1. The highest BCUT2D eigenvalue weighted by Crippen LogP contribution is 2.22. The van der Waals surface area contributed by atoms with Crippen molar-refractivity contribution in [2.45, 2.75) is 13.1 Å². The summed E-state index contributed by atoms with van der Waals surface area (Å²) in [7, 11) is 1.59. The number of carbonyl (C=O) groups is 1. The maximum Gasteiger partial charge on any atom is 0.328 e. The van der Waals surface area contributed by atoms with Gasteiger partial charge in [-0.2, -0.15) is 0 Å². The zero-order valence-corrected chi connectivity index (χ0v) is 16.3. The molecule has 1 amide bonds. The number of aliphatic hydroxyl groups is 1. The minimum atomic E-state index is -0.618. The van der Waals surface area contributed by atoms with Crippen LogP contribution in [0.1, 0.15) is 16.1 Å². The number of hydrogen-bond acceptors (Lipinski definition) is 8. The van der Waals surface area contributed by atoms with E-state index in [2.05, 4.69) is 20.6 Å². The largest absolute Gasteiger partial charge is 0.497 e. The summed E-state index contributed by atoms with van der Waals surface area (Å²) < 4.78 is 6.27. The lowest BCUT2D eigenvalue weighted by molar-refractivity contribution is 0.0946. The molecule has 3 aromatic rings. The molecule has 0 atom stereocenters. The zero-order chi connectivity index (χ0) is 20.8. The number of nitrogens with zero attached hydrogens (tertiary/aromatic N) is 2. The molecule has 0 fully saturated rings. The lowest BCUT2D eigenvalue weighted by Crippen LogP contribution is -2.35. The monoisotopic (exact) mass is 417 g/mol. The second-order valence-electron chi connectivity index (χ2n) is 5.90. The Morgan fingerprint density at radius 2 is 2.07 bits per heavy atom. The molecule has 0 aliphatic rings. The maximum absolute atomic E-state index is 12.3. The van der Waals surface area contributed by atoms with Crippen LogP contribution in [0.5, 0.6) is 5.75 Å². The van der Waals surface area contributed by atoms with Crippen LogP contribution in [0.25, 0.3) is 0 Å². The van der Waals surface area contributed by atoms with E-state index in [0.717, 1.165) is 11.4 Å². The molecule has 10 nitrogen and oxygen atoms in total. The number of thiazole rings is 1. The first-order chi connectivity index (χ1) is 14.0. The second-order valence-corrected chi connectivity index (χ2v) is 6.76. The molecule has 4 N–H and O–H groups in total. The highest BCUT2D eigenvalue weighted by Gasteiger charge is 2.12. The quantitative estimate of drug-likeness (QED) is 0.422. The van der Waals surface area contributed by atoms with E-state index in [1.165, 1.54) is 22.1 Å². The van der Waals surface area contributed by atoms with Crippen LogP contribution in [0.15, 0.2) is 45.4 Å². The maximum atomic E-state index is 12.3. The Kier molecular flexibility index (Phi) is 6.42. The van der Waals surface area contributed by atoms with Gasteiger partial charge in [0.05, 0.1) is 32.4 Å². The fourth-order valence-corrected chi connectivity index (χ4v) is 3.16. The second kappa shape index (κ2) is 9.17. The van der Waals surface area contributed by atoms with E-state index in [4.69, 9.17) is 9.84 Å². The van der Waals surface area contributed by atoms with Crippen molar-refractivity contribution in [2.75, 3.05) is 19.0 Å². The van der Waals surface area contributed by atoms with E-state index in [1.54, 1.807) is 24.6 Å². The van der Waals surface area contributed by atoms with E-state index in [-0.39, 0.29) is 31.0 Å². The first-order valence-corrected chi connectivity index (χ1v) is 9.46. The zero-order valence-electron chi connectivity index (χ0n) is 15.5. The molecule has 0 unspecified atom stereocenters. The summed E-state index contributed by atoms with van der Waals surface area (Å²) in [4.78, 5) is 42.2. The van der Waals surface area contributed by atoms with Crippen molar-refractivity contribution in [2.24, 2.45) is 0 Å². The van der Waals surface area contributed by atoms with E-state index < -0.39 is 17.2 Å². The van der Waals surface area contributed by atoms with Gasteiger partial charge in [0, 0.05) is 17.3 Å². The fourth-order valence-electron chi connectivity index (χ4n) is 2.45. The highest BCUT2D eigenvalue weighted by molar-refractivity contribution is 7.14. The fraction of sp³-hybridized carbons (Fsp3) is 0.222. The number of aliphatic hydroxyl groups excluding tert-OH is 1. The van der Waals surface area contributed by atoms with Crippen LogP contribution in [-0.2, 0) is 13.1 Å². The number of methoxy groups -OCH3 is 1. The van der Waals surface area contributed by atoms with Gasteiger partial charge in [-0.3, -0.25) is 19.1 Å². The summed E-state index contributed by atoms with van der Waals surface area (Å²) in [5.74, 6) is 0.276. The van der Waals surface area contributed by atoms with Crippen LogP contribution in [-0.4, -0.2) is 39.3 Å². The molecule has 2 aromatic heterocycles. The molecule has 11 heteroatoms. The summed E-state index contributed by atoms with van der Waals surface area (Å²) in [6.45, 7) is -0.289. The minimum absolute atomic E-state index is 0.0447. The lowest BCUT2D eigenvalue weighted by atomic mass is 10.3. The van der Waals surface area contributed by atoms with Gasteiger partial charge in [-0.1, -0.05) is 0 Å². The van der Waals surface area contributed by atoms with Crippen molar-refractivity contribution in [3.8, 4) is 5.75 Å². The molecule has 3 rings (SSSR count). The van der Waals surface area contributed by atoms with E-state index in [1.807, 2.05) is 12.1 Å². The molecule has 2 heterocycles. The van der Waals surface area contributed by atoms with Gasteiger partial charge in [-0.05, 0) is 24.3 Å². The third-order valence-electron chi connectivity index (χ3n) is 3.94. The topological polar surface area (TPSA) is 138 Å². The number of hydrogen-bond donors (Lipinski definition) is 4.